The van der Waals surface area contributed by atoms with Crippen LogP contribution >= 0.6 is 11.3 Å². The highest BCUT2D eigenvalue weighted by Crippen LogP contribution is 2.23. The maximum atomic E-state index is 12.0. The minimum atomic E-state index is -1.05. The number of thiophene rings is 1. The quantitative estimate of drug-likeness (QED) is 0.887. The normalized spacial score (nSPS) is 10.1. The molecule has 1 heterocycles. The van der Waals surface area contributed by atoms with Crippen LogP contribution in [-0.4, -0.2) is 23.6 Å². The van der Waals surface area contributed by atoms with E-state index in [0.29, 0.717) is 23.6 Å². The third kappa shape index (κ3) is 3.16. The van der Waals surface area contributed by atoms with Crippen LogP contribution < -0.4 is 10.1 Å². The summed E-state index contributed by atoms with van der Waals surface area (Å²) in [6, 6.07) is 8.23. The number of carboxylic acid groups (broad SMARTS) is 1. The highest BCUT2D eigenvalue weighted by atomic mass is 32.1. The van der Waals surface area contributed by atoms with Crippen LogP contribution in [0.15, 0.2) is 35.7 Å². The molecule has 2 N–H and O–H groups in total. The van der Waals surface area contributed by atoms with Gasteiger partial charge in [0.15, 0.2) is 0 Å². The molecule has 0 aliphatic heterocycles. The SMILES string of the molecule is CCOc1ccc(C(=O)Nc2ccsc2C(=O)O)cc1. The van der Waals surface area contributed by atoms with Crippen LogP contribution in [0.5, 0.6) is 5.75 Å². The summed E-state index contributed by atoms with van der Waals surface area (Å²) in [6.07, 6.45) is 0. The topological polar surface area (TPSA) is 75.6 Å². The molecule has 2 aromatic rings. The number of aromatic carboxylic acids is 1. The number of nitrogens with one attached hydrogen (secondary N) is 1. The largest absolute Gasteiger partial charge is 0.494 e. The molecule has 5 nitrogen and oxygen atoms in total. The van der Waals surface area contributed by atoms with Gasteiger partial charge in [-0.1, -0.05) is 0 Å². The van der Waals surface area contributed by atoms with E-state index in [2.05, 4.69) is 5.32 Å². The van der Waals surface area contributed by atoms with E-state index in [-0.39, 0.29) is 10.8 Å². The first kappa shape index (κ1) is 14.1. The summed E-state index contributed by atoms with van der Waals surface area (Å²) in [5.41, 5.74) is 0.748. The Bertz CT molecular complexity index is 618. The molecule has 1 aromatic heterocycles. The van der Waals surface area contributed by atoms with E-state index in [0.717, 1.165) is 11.3 Å². The van der Waals surface area contributed by atoms with E-state index < -0.39 is 5.97 Å². The summed E-state index contributed by atoms with van der Waals surface area (Å²) in [4.78, 5) is 23.1. The van der Waals surface area contributed by atoms with E-state index in [1.807, 2.05) is 6.92 Å². The summed E-state index contributed by atoms with van der Waals surface area (Å²) in [7, 11) is 0. The van der Waals surface area contributed by atoms with Crippen molar-refractivity contribution in [3.8, 4) is 5.75 Å². The Hall–Kier alpha value is -2.34. The summed E-state index contributed by atoms with van der Waals surface area (Å²) < 4.78 is 5.29. The summed E-state index contributed by atoms with van der Waals surface area (Å²) in [6.45, 7) is 2.44. The highest BCUT2D eigenvalue weighted by molar-refractivity contribution is 7.12. The standard InChI is InChI=1S/C14H13NO4S/c1-2-19-10-5-3-9(4-6-10)13(16)15-11-7-8-20-12(11)14(17)18/h3-8H,2H2,1H3,(H,15,16)(H,17,18). The molecular formula is C14H13NO4S. The first-order valence-electron chi connectivity index (χ1n) is 5.96. The number of rotatable bonds is 5. The molecule has 20 heavy (non-hydrogen) atoms. The fourth-order valence-electron chi connectivity index (χ4n) is 1.64. The predicted molar refractivity (Wildman–Crippen MR) is 76.8 cm³/mol. The van der Waals surface area contributed by atoms with Crippen molar-refractivity contribution in [1.29, 1.82) is 0 Å². The average Bonchev–Trinajstić information content (AvgIpc) is 2.88. The fourth-order valence-corrected chi connectivity index (χ4v) is 2.32. The molecule has 0 saturated heterocycles. The lowest BCUT2D eigenvalue weighted by Gasteiger charge is -2.06. The number of carbonyl (C=O) groups is 2. The third-order valence-corrected chi connectivity index (χ3v) is 3.44. The number of ether oxygens (including phenoxy) is 1. The molecule has 0 saturated carbocycles. The summed E-state index contributed by atoms with van der Waals surface area (Å²) >= 11 is 1.07. The van der Waals surface area contributed by atoms with Crippen molar-refractivity contribution in [1.82, 2.24) is 0 Å². The van der Waals surface area contributed by atoms with E-state index in [4.69, 9.17) is 9.84 Å². The molecule has 0 aliphatic rings. The van der Waals surface area contributed by atoms with Gasteiger partial charge in [-0.15, -0.1) is 11.3 Å². The molecule has 1 amide bonds. The molecule has 0 bridgehead atoms. The smallest absolute Gasteiger partial charge is 0.348 e. The van der Waals surface area contributed by atoms with Gasteiger partial charge in [0.1, 0.15) is 10.6 Å². The summed E-state index contributed by atoms with van der Waals surface area (Å²) in [5.74, 6) is -0.721. The number of amides is 1. The first-order valence-corrected chi connectivity index (χ1v) is 6.84. The molecule has 0 radical (unpaired) electrons. The number of carbonyl (C=O) groups excluding carboxylic acids is 1. The summed E-state index contributed by atoms with van der Waals surface area (Å²) in [5, 5.41) is 13.2. The Labute approximate surface area is 119 Å². The van der Waals surface area contributed by atoms with Crippen LogP contribution in [0.1, 0.15) is 27.0 Å². The molecule has 1 aromatic carbocycles. The molecular weight excluding hydrogens is 278 g/mol. The zero-order chi connectivity index (χ0) is 14.5. The average molecular weight is 291 g/mol. The molecule has 6 heteroatoms. The second-order valence-corrected chi connectivity index (χ2v) is 4.80. The van der Waals surface area contributed by atoms with Crippen molar-refractivity contribution in [2.75, 3.05) is 11.9 Å². The molecule has 2 rings (SSSR count). The zero-order valence-corrected chi connectivity index (χ0v) is 11.6. The van der Waals surface area contributed by atoms with Gasteiger partial charge in [0.2, 0.25) is 0 Å². The van der Waals surface area contributed by atoms with Crippen LogP contribution in [0.4, 0.5) is 5.69 Å². The monoisotopic (exact) mass is 291 g/mol. The van der Waals surface area contributed by atoms with Crippen molar-refractivity contribution in [2.45, 2.75) is 6.92 Å². The Morgan fingerprint density at radius 1 is 1.25 bits per heavy atom. The van der Waals surface area contributed by atoms with Gasteiger partial charge in [0, 0.05) is 5.56 Å². The van der Waals surface area contributed by atoms with Gasteiger partial charge in [-0.25, -0.2) is 4.79 Å². The van der Waals surface area contributed by atoms with Gasteiger partial charge in [0.25, 0.3) is 5.91 Å². The Morgan fingerprint density at radius 2 is 1.95 bits per heavy atom. The molecule has 0 aliphatic carbocycles. The lowest BCUT2D eigenvalue weighted by atomic mass is 10.2. The zero-order valence-electron chi connectivity index (χ0n) is 10.8. The maximum Gasteiger partial charge on any atom is 0.348 e. The van der Waals surface area contributed by atoms with Gasteiger partial charge >= 0.3 is 5.97 Å². The second-order valence-electron chi connectivity index (χ2n) is 3.88. The Balaban J connectivity index is 2.11. The number of benzene rings is 1. The van der Waals surface area contributed by atoms with Crippen LogP contribution in [0.25, 0.3) is 0 Å². The van der Waals surface area contributed by atoms with Crippen molar-refractivity contribution in [3.05, 3.63) is 46.2 Å². The Morgan fingerprint density at radius 3 is 2.55 bits per heavy atom. The molecule has 0 spiro atoms. The van der Waals surface area contributed by atoms with Gasteiger partial charge in [-0.3, -0.25) is 4.79 Å². The molecule has 0 fully saturated rings. The lowest BCUT2D eigenvalue weighted by Crippen LogP contribution is -2.13. The van der Waals surface area contributed by atoms with E-state index in [1.54, 1.807) is 35.7 Å². The van der Waals surface area contributed by atoms with Crippen LogP contribution in [-0.2, 0) is 0 Å². The predicted octanol–water partition coefficient (Wildman–Crippen LogP) is 3.10. The number of hydrogen-bond donors (Lipinski definition) is 2. The van der Waals surface area contributed by atoms with Gasteiger partial charge in [-0.05, 0) is 42.6 Å². The van der Waals surface area contributed by atoms with Gasteiger partial charge in [0.05, 0.1) is 12.3 Å². The van der Waals surface area contributed by atoms with E-state index >= 15 is 0 Å². The minimum Gasteiger partial charge on any atom is -0.494 e. The third-order valence-electron chi connectivity index (χ3n) is 2.54. The Kier molecular flexibility index (Phi) is 4.37. The minimum absolute atomic E-state index is 0.115. The van der Waals surface area contributed by atoms with Crippen molar-refractivity contribution in [3.63, 3.8) is 0 Å². The van der Waals surface area contributed by atoms with Crippen molar-refractivity contribution in [2.24, 2.45) is 0 Å². The number of carboxylic acids is 1. The van der Waals surface area contributed by atoms with Gasteiger partial charge < -0.3 is 15.2 Å². The second kappa shape index (κ2) is 6.21. The molecule has 0 atom stereocenters. The molecule has 104 valence electrons. The van der Waals surface area contributed by atoms with Crippen LogP contribution in [0, 0.1) is 0 Å². The number of anilines is 1. The first-order chi connectivity index (χ1) is 9.61. The van der Waals surface area contributed by atoms with Crippen molar-refractivity contribution >= 4 is 28.9 Å². The maximum absolute atomic E-state index is 12.0. The van der Waals surface area contributed by atoms with E-state index in [9.17, 15) is 9.59 Å². The number of hydrogen-bond acceptors (Lipinski definition) is 4. The fraction of sp³-hybridized carbons (Fsp3) is 0.143. The van der Waals surface area contributed by atoms with Crippen molar-refractivity contribution < 1.29 is 19.4 Å². The van der Waals surface area contributed by atoms with E-state index in [1.165, 1.54) is 0 Å². The molecule has 0 unspecified atom stereocenters. The van der Waals surface area contributed by atoms with Crippen LogP contribution in [0.2, 0.25) is 0 Å². The van der Waals surface area contributed by atoms with Crippen LogP contribution in [0.3, 0.4) is 0 Å². The van der Waals surface area contributed by atoms with Gasteiger partial charge in [-0.2, -0.15) is 0 Å². The highest BCUT2D eigenvalue weighted by Gasteiger charge is 2.14. The lowest BCUT2D eigenvalue weighted by molar-refractivity contribution is 0.0703.